The minimum atomic E-state index is -3.58. The second-order valence-electron chi connectivity index (χ2n) is 7.37. The summed E-state index contributed by atoms with van der Waals surface area (Å²) in [5.74, 6) is -0.421. The van der Waals surface area contributed by atoms with Crippen molar-refractivity contribution < 1.29 is 17.6 Å². The number of anilines is 1. The van der Waals surface area contributed by atoms with E-state index in [1.807, 2.05) is 4.90 Å². The lowest BCUT2D eigenvalue weighted by Gasteiger charge is -2.36. The monoisotopic (exact) mass is 419 g/mol. The Morgan fingerprint density at radius 3 is 2.14 bits per heavy atom. The third-order valence-electron chi connectivity index (χ3n) is 5.27. The average molecular weight is 420 g/mol. The first kappa shape index (κ1) is 21.3. The van der Waals surface area contributed by atoms with Crippen LogP contribution in [0.15, 0.2) is 53.4 Å². The summed E-state index contributed by atoms with van der Waals surface area (Å²) < 4.78 is 40.4. The zero-order chi connectivity index (χ0) is 21.2. The Labute approximate surface area is 171 Å². The van der Waals surface area contributed by atoms with Gasteiger partial charge in [0.25, 0.3) is 5.91 Å². The first-order valence-electron chi connectivity index (χ1n) is 9.58. The van der Waals surface area contributed by atoms with Gasteiger partial charge in [0.05, 0.1) is 10.6 Å². The molecule has 0 N–H and O–H groups in total. The van der Waals surface area contributed by atoms with Crippen LogP contribution >= 0.6 is 0 Å². The molecule has 1 amide bonds. The van der Waals surface area contributed by atoms with Crippen LogP contribution in [0.2, 0.25) is 0 Å². The molecule has 0 spiro atoms. The lowest BCUT2D eigenvalue weighted by molar-refractivity contribution is 0.0746. The molecule has 3 rings (SSSR count). The lowest BCUT2D eigenvalue weighted by atomic mass is 10.1. The summed E-state index contributed by atoms with van der Waals surface area (Å²) in [6, 6.07) is 12.5. The average Bonchev–Trinajstić information content (AvgIpc) is 2.73. The van der Waals surface area contributed by atoms with Gasteiger partial charge in [-0.2, -0.15) is 4.31 Å². The molecule has 0 radical (unpaired) electrons. The molecule has 0 unspecified atom stereocenters. The SMILES string of the molecule is CC(C)N(C)S(=O)(=O)c1ccc(C(=O)N2CCN(c3ccccc3F)CC2)cc1. The predicted molar refractivity (Wildman–Crippen MR) is 111 cm³/mol. The first-order chi connectivity index (χ1) is 13.7. The van der Waals surface area contributed by atoms with Crippen molar-refractivity contribution >= 4 is 21.6 Å². The molecule has 8 heteroatoms. The number of piperazine rings is 1. The zero-order valence-corrected chi connectivity index (χ0v) is 17.7. The molecule has 0 bridgehead atoms. The van der Waals surface area contributed by atoms with E-state index in [0.29, 0.717) is 37.4 Å². The molecule has 0 aliphatic carbocycles. The van der Waals surface area contributed by atoms with Gasteiger partial charge in [0.2, 0.25) is 10.0 Å². The second kappa shape index (κ2) is 8.51. The first-order valence-corrected chi connectivity index (χ1v) is 11.0. The Balaban J connectivity index is 1.67. The van der Waals surface area contributed by atoms with Gasteiger partial charge < -0.3 is 9.80 Å². The van der Waals surface area contributed by atoms with Crippen molar-refractivity contribution in [3.63, 3.8) is 0 Å². The summed E-state index contributed by atoms with van der Waals surface area (Å²) in [6.07, 6.45) is 0. The van der Waals surface area contributed by atoms with Crippen molar-refractivity contribution in [2.75, 3.05) is 38.1 Å². The van der Waals surface area contributed by atoms with Crippen LogP contribution in [0.4, 0.5) is 10.1 Å². The van der Waals surface area contributed by atoms with Crippen molar-refractivity contribution in [2.45, 2.75) is 24.8 Å². The number of para-hydroxylation sites is 1. The van der Waals surface area contributed by atoms with E-state index in [0.717, 1.165) is 0 Å². The highest BCUT2D eigenvalue weighted by Gasteiger charge is 2.26. The number of halogens is 1. The largest absolute Gasteiger partial charge is 0.366 e. The van der Waals surface area contributed by atoms with Gasteiger partial charge >= 0.3 is 0 Å². The third kappa shape index (κ3) is 4.43. The van der Waals surface area contributed by atoms with E-state index in [1.54, 1.807) is 49.1 Å². The van der Waals surface area contributed by atoms with Gasteiger partial charge in [-0.15, -0.1) is 0 Å². The number of amides is 1. The van der Waals surface area contributed by atoms with Crippen LogP contribution < -0.4 is 4.90 Å². The maximum atomic E-state index is 14.0. The molecule has 1 aliphatic rings. The molecule has 1 fully saturated rings. The maximum absolute atomic E-state index is 14.0. The summed E-state index contributed by atoms with van der Waals surface area (Å²) in [7, 11) is -2.05. The fraction of sp³-hybridized carbons (Fsp3) is 0.381. The van der Waals surface area contributed by atoms with Crippen molar-refractivity contribution in [3.05, 3.63) is 59.9 Å². The van der Waals surface area contributed by atoms with Crippen LogP contribution in [-0.4, -0.2) is 62.8 Å². The number of rotatable bonds is 5. The molecular formula is C21H26FN3O3S. The number of sulfonamides is 1. The van der Waals surface area contributed by atoms with Crippen molar-refractivity contribution in [1.82, 2.24) is 9.21 Å². The minimum Gasteiger partial charge on any atom is -0.366 e. The molecule has 156 valence electrons. The Kier molecular flexibility index (Phi) is 6.24. The van der Waals surface area contributed by atoms with Crippen molar-refractivity contribution in [3.8, 4) is 0 Å². The summed E-state index contributed by atoms with van der Waals surface area (Å²) >= 11 is 0. The lowest BCUT2D eigenvalue weighted by Crippen LogP contribution is -2.49. The molecule has 6 nitrogen and oxygen atoms in total. The van der Waals surface area contributed by atoms with Gasteiger partial charge in [0.1, 0.15) is 5.82 Å². The summed E-state index contributed by atoms with van der Waals surface area (Å²) in [5.41, 5.74) is 0.985. The molecule has 1 saturated heterocycles. The minimum absolute atomic E-state index is 0.153. The predicted octanol–water partition coefficient (Wildman–Crippen LogP) is 2.82. The second-order valence-corrected chi connectivity index (χ2v) is 9.37. The normalized spacial score (nSPS) is 15.2. The van der Waals surface area contributed by atoms with Gasteiger partial charge in [-0.1, -0.05) is 12.1 Å². The van der Waals surface area contributed by atoms with Gasteiger partial charge in [-0.05, 0) is 50.2 Å². The van der Waals surface area contributed by atoms with E-state index >= 15 is 0 Å². The summed E-state index contributed by atoms with van der Waals surface area (Å²) in [6.45, 7) is 5.63. The van der Waals surface area contributed by atoms with E-state index in [-0.39, 0.29) is 22.7 Å². The van der Waals surface area contributed by atoms with E-state index in [2.05, 4.69) is 0 Å². The summed E-state index contributed by atoms with van der Waals surface area (Å²) in [5, 5.41) is 0. The van der Waals surface area contributed by atoms with Crippen LogP contribution in [0.3, 0.4) is 0 Å². The molecule has 1 heterocycles. The van der Waals surface area contributed by atoms with Crippen LogP contribution in [0, 0.1) is 5.82 Å². The van der Waals surface area contributed by atoms with Crippen molar-refractivity contribution in [1.29, 1.82) is 0 Å². The number of carbonyl (C=O) groups excluding carboxylic acids is 1. The fourth-order valence-electron chi connectivity index (χ4n) is 3.25. The van der Waals surface area contributed by atoms with Crippen LogP contribution in [0.25, 0.3) is 0 Å². The number of carbonyl (C=O) groups is 1. The van der Waals surface area contributed by atoms with E-state index in [4.69, 9.17) is 0 Å². The van der Waals surface area contributed by atoms with Crippen LogP contribution in [-0.2, 0) is 10.0 Å². The molecule has 0 atom stereocenters. The summed E-state index contributed by atoms with van der Waals surface area (Å²) in [4.78, 5) is 16.6. The Bertz CT molecular complexity index is 969. The number of hydrogen-bond acceptors (Lipinski definition) is 4. The van der Waals surface area contributed by atoms with E-state index in [9.17, 15) is 17.6 Å². The smallest absolute Gasteiger partial charge is 0.253 e. The standard InChI is InChI=1S/C21H26FN3O3S/c1-16(2)23(3)29(27,28)18-10-8-17(9-11-18)21(26)25-14-12-24(13-15-25)20-7-5-4-6-19(20)22/h4-11,16H,12-15H2,1-3H3. The Morgan fingerprint density at radius 1 is 1.00 bits per heavy atom. The molecule has 2 aromatic rings. The highest BCUT2D eigenvalue weighted by atomic mass is 32.2. The third-order valence-corrected chi connectivity index (χ3v) is 7.31. The van der Waals surface area contributed by atoms with Gasteiger partial charge in [-0.25, -0.2) is 12.8 Å². The van der Waals surface area contributed by atoms with Crippen molar-refractivity contribution in [2.24, 2.45) is 0 Å². The molecule has 1 aliphatic heterocycles. The number of hydrogen-bond donors (Lipinski definition) is 0. The van der Waals surface area contributed by atoms with E-state index in [1.165, 1.54) is 29.6 Å². The van der Waals surface area contributed by atoms with Gasteiger partial charge in [0.15, 0.2) is 0 Å². The molecule has 0 aromatic heterocycles. The molecular weight excluding hydrogens is 393 g/mol. The van der Waals surface area contributed by atoms with Gasteiger partial charge in [0, 0.05) is 44.8 Å². The fourth-order valence-corrected chi connectivity index (χ4v) is 4.62. The van der Waals surface area contributed by atoms with Gasteiger partial charge in [-0.3, -0.25) is 4.79 Å². The Hall–Kier alpha value is -2.45. The zero-order valence-electron chi connectivity index (χ0n) is 16.9. The van der Waals surface area contributed by atoms with Crippen LogP contribution in [0.5, 0.6) is 0 Å². The topological polar surface area (TPSA) is 60.9 Å². The number of benzene rings is 2. The molecule has 2 aromatic carbocycles. The quantitative estimate of drug-likeness (QED) is 0.748. The number of nitrogens with zero attached hydrogens (tertiary/aromatic N) is 3. The highest BCUT2D eigenvalue weighted by molar-refractivity contribution is 7.89. The van der Waals surface area contributed by atoms with Crippen LogP contribution in [0.1, 0.15) is 24.2 Å². The molecule has 29 heavy (non-hydrogen) atoms. The maximum Gasteiger partial charge on any atom is 0.253 e. The Morgan fingerprint density at radius 2 is 1.59 bits per heavy atom. The highest BCUT2D eigenvalue weighted by Crippen LogP contribution is 2.22. The van der Waals surface area contributed by atoms with E-state index < -0.39 is 10.0 Å². The molecule has 0 saturated carbocycles.